The largest absolute Gasteiger partial charge is 0.441 e. The van der Waals surface area contributed by atoms with Crippen LogP contribution in [0.15, 0.2) is 59.3 Å². The lowest BCUT2D eigenvalue weighted by Crippen LogP contribution is -2.43. The fourth-order valence-electron chi connectivity index (χ4n) is 4.26. The molecule has 0 spiro atoms. The molecule has 1 fully saturated rings. The van der Waals surface area contributed by atoms with Gasteiger partial charge in [-0.15, -0.1) is 0 Å². The summed E-state index contributed by atoms with van der Waals surface area (Å²) in [6.45, 7) is -0.161. The van der Waals surface area contributed by atoms with Crippen LogP contribution in [0.3, 0.4) is 0 Å². The van der Waals surface area contributed by atoms with Crippen molar-refractivity contribution in [2.24, 2.45) is 0 Å². The van der Waals surface area contributed by atoms with Crippen LogP contribution in [0.1, 0.15) is 29.1 Å². The highest BCUT2D eigenvalue weighted by Crippen LogP contribution is 2.38. The van der Waals surface area contributed by atoms with Crippen molar-refractivity contribution in [1.82, 2.24) is 19.9 Å². The van der Waals surface area contributed by atoms with Gasteiger partial charge in [-0.2, -0.15) is 0 Å². The molecule has 0 N–H and O–H groups in total. The minimum Gasteiger partial charge on any atom is -0.441 e. The predicted molar refractivity (Wildman–Crippen MR) is 119 cm³/mol. The van der Waals surface area contributed by atoms with Crippen LogP contribution < -0.4 is 0 Å². The summed E-state index contributed by atoms with van der Waals surface area (Å²) in [6, 6.07) is 9.05. The molecule has 0 saturated carbocycles. The summed E-state index contributed by atoms with van der Waals surface area (Å²) >= 11 is 5.96. The number of alkyl halides is 2. The predicted octanol–water partition coefficient (Wildman–Crippen LogP) is 5.56. The summed E-state index contributed by atoms with van der Waals surface area (Å²) in [7, 11) is 0. The maximum absolute atomic E-state index is 14.8. The molecule has 3 heterocycles. The van der Waals surface area contributed by atoms with Gasteiger partial charge in [0.15, 0.2) is 17.3 Å². The van der Waals surface area contributed by atoms with Gasteiger partial charge in [-0.1, -0.05) is 17.7 Å². The number of fused-ring (bicyclic) bond motifs is 1. The van der Waals surface area contributed by atoms with Crippen LogP contribution in [0.25, 0.3) is 22.5 Å². The first-order valence-corrected chi connectivity index (χ1v) is 11.0. The Hall–Kier alpha value is -3.46. The minimum absolute atomic E-state index is 0.0107. The average Bonchev–Trinajstić information content (AvgIpc) is 3.36. The molecule has 4 aromatic rings. The van der Waals surface area contributed by atoms with Gasteiger partial charge in [0.25, 0.3) is 11.8 Å². The van der Waals surface area contributed by atoms with Crippen molar-refractivity contribution in [3.63, 3.8) is 0 Å². The molecule has 1 amide bonds. The quantitative estimate of drug-likeness (QED) is 0.369. The van der Waals surface area contributed by atoms with Crippen molar-refractivity contribution in [3.8, 4) is 11.4 Å². The Labute approximate surface area is 197 Å². The molecular formula is C24H18ClF3N4O2. The number of carbonyl (C=O) groups excluding carboxylic acids is 1. The van der Waals surface area contributed by atoms with Gasteiger partial charge in [0.1, 0.15) is 11.3 Å². The molecule has 0 radical (unpaired) electrons. The first-order chi connectivity index (χ1) is 16.3. The van der Waals surface area contributed by atoms with Gasteiger partial charge in [0.2, 0.25) is 0 Å². The Morgan fingerprint density at radius 1 is 1.18 bits per heavy atom. The molecule has 6 nitrogen and oxygen atoms in total. The van der Waals surface area contributed by atoms with E-state index >= 15 is 0 Å². The molecule has 1 aliphatic rings. The molecule has 2 aromatic carbocycles. The number of hydrogen-bond donors (Lipinski definition) is 0. The number of likely N-dealkylation sites (tertiary alicyclic amines) is 1. The Bertz CT molecular complexity index is 1360. The molecular weight excluding hydrogens is 469 g/mol. The minimum atomic E-state index is -3.11. The summed E-state index contributed by atoms with van der Waals surface area (Å²) in [6.07, 6.45) is 2.37. The van der Waals surface area contributed by atoms with E-state index in [-0.39, 0.29) is 42.2 Å². The Kier molecular flexibility index (Phi) is 5.73. The fraction of sp³-hybridized carbons (Fsp3) is 0.250. The van der Waals surface area contributed by atoms with E-state index in [9.17, 15) is 18.0 Å². The van der Waals surface area contributed by atoms with Crippen molar-refractivity contribution in [2.45, 2.75) is 31.2 Å². The van der Waals surface area contributed by atoms with Crippen LogP contribution in [0.4, 0.5) is 13.2 Å². The van der Waals surface area contributed by atoms with Gasteiger partial charge in [0, 0.05) is 42.9 Å². The molecule has 0 unspecified atom stereocenters. The van der Waals surface area contributed by atoms with E-state index in [2.05, 4.69) is 15.0 Å². The van der Waals surface area contributed by atoms with Gasteiger partial charge in [-0.05, 0) is 36.8 Å². The van der Waals surface area contributed by atoms with Crippen molar-refractivity contribution in [2.75, 3.05) is 6.54 Å². The second-order valence-corrected chi connectivity index (χ2v) is 8.45. The van der Waals surface area contributed by atoms with Crippen LogP contribution in [0.2, 0.25) is 5.02 Å². The zero-order valence-electron chi connectivity index (χ0n) is 17.7. The van der Waals surface area contributed by atoms with Crippen LogP contribution in [-0.4, -0.2) is 44.3 Å². The van der Waals surface area contributed by atoms with E-state index in [0.717, 1.165) is 4.90 Å². The van der Waals surface area contributed by atoms with E-state index in [0.29, 0.717) is 16.1 Å². The molecule has 2 aromatic heterocycles. The SMILES string of the molecule is O=C(c1cccc(F)c1-c1ncccn1)N1CCC(F)(F)[C@H]1CCc1nc2ccc(Cl)cc2o1. The van der Waals surface area contributed by atoms with E-state index in [1.54, 1.807) is 24.3 Å². The third-order valence-electron chi connectivity index (χ3n) is 5.87. The number of oxazole rings is 1. The molecule has 5 rings (SSSR count). The van der Waals surface area contributed by atoms with E-state index in [4.69, 9.17) is 16.0 Å². The topological polar surface area (TPSA) is 72.1 Å². The third kappa shape index (κ3) is 4.11. The summed E-state index contributed by atoms with van der Waals surface area (Å²) in [5.74, 6) is -4.23. The molecule has 1 aliphatic heterocycles. The second kappa shape index (κ2) is 8.72. The van der Waals surface area contributed by atoms with Gasteiger partial charge in [0.05, 0.1) is 17.2 Å². The van der Waals surface area contributed by atoms with Gasteiger partial charge < -0.3 is 9.32 Å². The van der Waals surface area contributed by atoms with Crippen molar-refractivity contribution in [1.29, 1.82) is 0 Å². The second-order valence-electron chi connectivity index (χ2n) is 8.02. The highest BCUT2D eigenvalue weighted by molar-refractivity contribution is 6.31. The number of halogens is 4. The van der Waals surface area contributed by atoms with Crippen LogP contribution in [-0.2, 0) is 6.42 Å². The smallest absolute Gasteiger partial charge is 0.269 e. The van der Waals surface area contributed by atoms with Gasteiger partial charge in [-0.3, -0.25) is 4.79 Å². The van der Waals surface area contributed by atoms with Crippen LogP contribution in [0, 0.1) is 5.82 Å². The number of aromatic nitrogens is 3. The van der Waals surface area contributed by atoms with Crippen LogP contribution in [0.5, 0.6) is 0 Å². The molecule has 10 heteroatoms. The van der Waals surface area contributed by atoms with E-state index < -0.39 is 30.1 Å². The first-order valence-electron chi connectivity index (χ1n) is 10.6. The Balaban J connectivity index is 1.43. The summed E-state index contributed by atoms with van der Waals surface area (Å²) < 4.78 is 50.0. The molecule has 1 atom stereocenters. The Morgan fingerprint density at radius 3 is 2.76 bits per heavy atom. The van der Waals surface area contributed by atoms with Crippen molar-refractivity contribution < 1.29 is 22.4 Å². The molecule has 0 aliphatic carbocycles. The summed E-state index contributed by atoms with van der Waals surface area (Å²) in [4.78, 5) is 26.9. The lowest BCUT2D eigenvalue weighted by molar-refractivity contribution is -0.0323. The van der Waals surface area contributed by atoms with Crippen LogP contribution >= 0.6 is 11.6 Å². The average molecular weight is 487 g/mol. The highest BCUT2D eigenvalue weighted by Gasteiger charge is 2.50. The number of carbonyl (C=O) groups is 1. The Morgan fingerprint density at radius 2 is 1.97 bits per heavy atom. The number of amides is 1. The van der Waals surface area contributed by atoms with Gasteiger partial charge >= 0.3 is 0 Å². The van der Waals surface area contributed by atoms with Gasteiger partial charge in [-0.25, -0.2) is 28.1 Å². The number of rotatable bonds is 5. The molecule has 34 heavy (non-hydrogen) atoms. The molecule has 0 bridgehead atoms. The first kappa shape index (κ1) is 22.3. The maximum atomic E-state index is 14.8. The fourth-order valence-corrected chi connectivity index (χ4v) is 4.42. The maximum Gasteiger partial charge on any atom is 0.269 e. The zero-order valence-corrected chi connectivity index (χ0v) is 18.5. The lowest BCUT2D eigenvalue weighted by Gasteiger charge is -2.28. The highest BCUT2D eigenvalue weighted by atomic mass is 35.5. The number of nitrogens with zero attached hydrogens (tertiary/aromatic N) is 4. The summed E-state index contributed by atoms with van der Waals surface area (Å²) in [5, 5.41) is 0.475. The number of aryl methyl sites for hydroxylation is 1. The van der Waals surface area contributed by atoms with E-state index in [1.165, 1.54) is 30.6 Å². The number of benzene rings is 2. The van der Waals surface area contributed by atoms with Crippen molar-refractivity contribution >= 4 is 28.6 Å². The normalized spacial score (nSPS) is 17.4. The monoisotopic (exact) mass is 486 g/mol. The molecule has 174 valence electrons. The van der Waals surface area contributed by atoms with Crippen molar-refractivity contribution in [3.05, 3.63) is 77.2 Å². The molecule has 1 saturated heterocycles. The standard InChI is InChI=1S/C24H18ClF3N4O2/c25-14-5-6-17-18(13-14)34-20(31-17)8-7-19-24(27,28)9-12-32(19)23(33)15-3-1-4-16(26)21(15)22-29-10-2-11-30-22/h1-6,10-11,13,19H,7-9,12H2/t19-/m1/s1. The number of hydrogen-bond acceptors (Lipinski definition) is 5. The third-order valence-corrected chi connectivity index (χ3v) is 6.11. The lowest BCUT2D eigenvalue weighted by atomic mass is 10.0. The zero-order chi connectivity index (χ0) is 23.9. The van der Waals surface area contributed by atoms with E-state index in [1.807, 2.05) is 0 Å². The summed E-state index contributed by atoms with van der Waals surface area (Å²) in [5.41, 5.74) is 0.849.